The van der Waals surface area contributed by atoms with Crippen LogP contribution >= 0.6 is 0 Å². The van der Waals surface area contributed by atoms with Crippen LogP contribution in [0.25, 0.3) is 0 Å². The maximum Gasteiger partial charge on any atom is 0.161 e. The van der Waals surface area contributed by atoms with E-state index in [1.807, 2.05) is 18.2 Å². The average Bonchev–Trinajstić information content (AvgIpc) is 2.79. The van der Waals surface area contributed by atoms with Gasteiger partial charge in [-0.1, -0.05) is 18.2 Å². The second-order valence-corrected chi connectivity index (χ2v) is 8.19. The van der Waals surface area contributed by atoms with Crippen LogP contribution in [0.4, 0.5) is 10.1 Å². The largest absolute Gasteiger partial charge is 0.493 e. The predicted molar refractivity (Wildman–Crippen MR) is 118 cm³/mol. The minimum atomic E-state index is -0.121. The molecule has 0 spiro atoms. The molecule has 0 radical (unpaired) electrons. The molecule has 1 unspecified atom stereocenters. The molecule has 2 aromatic carbocycles. The van der Waals surface area contributed by atoms with E-state index in [1.54, 1.807) is 26.4 Å². The van der Waals surface area contributed by atoms with Crippen molar-refractivity contribution >= 4 is 5.69 Å². The SMILES string of the molecule is COc1ccc(CN2CCCC(N3CCN(c4ccccc4F)CC3)C2)cc1OC. The number of piperidine rings is 1. The van der Waals surface area contributed by atoms with Gasteiger partial charge in [0.25, 0.3) is 0 Å². The maximum absolute atomic E-state index is 14.1. The van der Waals surface area contributed by atoms with Crippen LogP contribution in [0.2, 0.25) is 0 Å². The van der Waals surface area contributed by atoms with Crippen LogP contribution in [0.15, 0.2) is 42.5 Å². The van der Waals surface area contributed by atoms with E-state index >= 15 is 0 Å². The number of piperazine rings is 1. The Hall–Kier alpha value is -2.31. The van der Waals surface area contributed by atoms with Crippen LogP contribution in [0.3, 0.4) is 0 Å². The van der Waals surface area contributed by atoms with Gasteiger partial charge in [0.15, 0.2) is 11.5 Å². The number of halogens is 1. The van der Waals surface area contributed by atoms with E-state index in [2.05, 4.69) is 26.8 Å². The van der Waals surface area contributed by atoms with Crippen molar-refractivity contribution in [2.75, 3.05) is 58.4 Å². The van der Waals surface area contributed by atoms with Gasteiger partial charge in [-0.05, 0) is 49.2 Å². The Morgan fingerprint density at radius 1 is 0.933 bits per heavy atom. The summed E-state index contributed by atoms with van der Waals surface area (Å²) in [6.45, 7) is 6.87. The molecule has 6 heteroatoms. The number of likely N-dealkylation sites (tertiary alicyclic amines) is 1. The smallest absolute Gasteiger partial charge is 0.161 e. The molecule has 0 amide bonds. The third-order valence-corrected chi connectivity index (χ3v) is 6.36. The number of anilines is 1. The van der Waals surface area contributed by atoms with Crippen LogP contribution in [0.1, 0.15) is 18.4 Å². The van der Waals surface area contributed by atoms with E-state index in [0.717, 1.165) is 63.0 Å². The summed E-state index contributed by atoms with van der Waals surface area (Å²) < 4.78 is 24.9. The molecule has 2 aromatic rings. The number of para-hydroxylation sites is 1. The summed E-state index contributed by atoms with van der Waals surface area (Å²) >= 11 is 0. The Bertz CT molecular complexity index is 839. The molecule has 2 fully saturated rings. The van der Waals surface area contributed by atoms with Crippen molar-refractivity contribution in [3.05, 3.63) is 53.8 Å². The molecule has 162 valence electrons. The molecule has 0 bridgehead atoms. The van der Waals surface area contributed by atoms with Crippen LogP contribution in [-0.2, 0) is 6.54 Å². The van der Waals surface area contributed by atoms with Gasteiger partial charge in [-0.3, -0.25) is 9.80 Å². The van der Waals surface area contributed by atoms with Crippen LogP contribution in [0, 0.1) is 5.82 Å². The molecule has 2 aliphatic rings. The fraction of sp³-hybridized carbons (Fsp3) is 0.500. The van der Waals surface area contributed by atoms with Crippen molar-refractivity contribution < 1.29 is 13.9 Å². The molecule has 30 heavy (non-hydrogen) atoms. The topological polar surface area (TPSA) is 28.2 Å². The molecular weight excluding hydrogens is 381 g/mol. The summed E-state index contributed by atoms with van der Waals surface area (Å²) in [5.74, 6) is 1.43. The zero-order valence-corrected chi connectivity index (χ0v) is 18.0. The van der Waals surface area contributed by atoms with E-state index < -0.39 is 0 Å². The highest BCUT2D eigenvalue weighted by Crippen LogP contribution is 2.29. The Balaban J connectivity index is 1.33. The molecule has 2 saturated heterocycles. The summed E-state index contributed by atoms with van der Waals surface area (Å²) in [5.41, 5.74) is 1.98. The molecule has 1 atom stereocenters. The summed E-state index contributed by atoms with van der Waals surface area (Å²) in [4.78, 5) is 7.31. The zero-order valence-electron chi connectivity index (χ0n) is 18.0. The zero-order chi connectivity index (χ0) is 20.9. The maximum atomic E-state index is 14.1. The lowest BCUT2D eigenvalue weighted by Gasteiger charge is -2.44. The van der Waals surface area contributed by atoms with Crippen molar-refractivity contribution in [3.63, 3.8) is 0 Å². The van der Waals surface area contributed by atoms with Crippen LogP contribution in [-0.4, -0.2) is 69.3 Å². The van der Waals surface area contributed by atoms with Crippen LogP contribution < -0.4 is 14.4 Å². The summed E-state index contributed by atoms with van der Waals surface area (Å²) in [5, 5.41) is 0. The lowest BCUT2D eigenvalue weighted by Crippen LogP contribution is -2.55. The van der Waals surface area contributed by atoms with E-state index in [4.69, 9.17) is 9.47 Å². The van der Waals surface area contributed by atoms with Gasteiger partial charge in [-0.2, -0.15) is 0 Å². The lowest BCUT2D eigenvalue weighted by molar-refractivity contribution is 0.0886. The summed E-state index contributed by atoms with van der Waals surface area (Å²) in [6, 6.07) is 13.9. The summed E-state index contributed by atoms with van der Waals surface area (Å²) in [7, 11) is 3.35. The van der Waals surface area contributed by atoms with Gasteiger partial charge >= 0.3 is 0 Å². The summed E-state index contributed by atoms with van der Waals surface area (Å²) in [6.07, 6.45) is 2.45. The Labute approximate surface area is 179 Å². The minimum Gasteiger partial charge on any atom is -0.493 e. The number of rotatable bonds is 6. The average molecular weight is 414 g/mol. The molecule has 0 saturated carbocycles. The van der Waals surface area contributed by atoms with E-state index in [0.29, 0.717) is 6.04 Å². The van der Waals surface area contributed by atoms with Crippen molar-refractivity contribution in [1.29, 1.82) is 0 Å². The monoisotopic (exact) mass is 413 g/mol. The highest BCUT2D eigenvalue weighted by atomic mass is 19.1. The van der Waals surface area contributed by atoms with Crippen molar-refractivity contribution in [2.24, 2.45) is 0 Å². The molecule has 0 aromatic heterocycles. The van der Waals surface area contributed by atoms with Crippen molar-refractivity contribution in [2.45, 2.75) is 25.4 Å². The minimum absolute atomic E-state index is 0.121. The van der Waals surface area contributed by atoms with E-state index in [1.165, 1.54) is 18.4 Å². The number of benzene rings is 2. The van der Waals surface area contributed by atoms with Gasteiger partial charge < -0.3 is 14.4 Å². The molecule has 5 nitrogen and oxygen atoms in total. The van der Waals surface area contributed by atoms with Gasteiger partial charge in [0.1, 0.15) is 5.82 Å². The lowest BCUT2D eigenvalue weighted by atomic mass is 10.0. The molecule has 4 rings (SSSR count). The molecule has 2 heterocycles. The first-order chi connectivity index (χ1) is 14.7. The number of methoxy groups -OCH3 is 2. The van der Waals surface area contributed by atoms with E-state index in [9.17, 15) is 4.39 Å². The standard InChI is InChI=1S/C24H32FN3O2/c1-29-23-10-9-19(16-24(23)30-2)17-26-11-5-6-20(18-26)27-12-14-28(15-13-27)22-8-4-3-7-21(22)25/h3-4,7-10,16,20H,5-6,11-15,17-18H2,1-2H3. The van der Waals surface area contributed by atoms with Gasteiger partial charge in [0.2, 0.25) is 0 Å². The number of nitrogens with zero attached hydrogens (tertiary/aromatic N) is 3. The first-order valence-electron chi connectivity index (χ1n) is 10.8. The number of hydrogen-bond acceptors (Lipinski definition) is 5. The number of ether oxygens (including phenoxy) is 2. The van der Waals surface area contributed by atoms with Crippen molar-refractivity contribution in [3.8, 4) is 11.5 Å². The second kappa shape index (κ2) is 9.67. The molecule has 0 aliphatic carbocycles. The van der Waals surface area contributed by atoms with E-state index in [-0.39, 0.29) is 5.82 Å². The molecular formula is C24H32FN3O2. The molecule has 2 aliphatic heterocycles. The normalized spacial score (nSPS) is 20.9. The van der Waals surface area contributed by atoms with Gasteiger partial charge in [-0.25, -0.2) is 4.39 Å². The fourth-order valence-corrected chi connectivity index (χ4v) is 4.75. The Morgan fingerprint density at radius 2 is 1.70 bits per heavy atom. The third-order valence-electron chi connectivity index (χ3n) is 6.36. The van der Waals surface area contributed by atoms with Gasteiger partial charge in [-0.15, -0.1) is 0 Å². The molecule has 0 N–H and O–H groups in total. The predicted octanol–water partition coefficient (Wildman–Crippen LogP) is 3.63. The number of hydrogen-bond donors (Lipinski definition) is 0. The highest BCUT2D eigenvalue weighted by molar-refractivity contribution is 5.48. The third kappa shape index (κ3) is 4.71. The Kier molecular flexibility index (Phi) is 6.75. The van der Waals surface area contributed by atoms with Crippen LogP contribution in [0.5, 0.6) is 11.5 Å². The fourth-order valence-electron chi connectivity index (χ4n) is 4.75. The Morgan fingerprint density at radius 3 is 2.43 bits per heavy atom. The highest BCUT2D eigenvalue weighted by Gasteiger charge is 2.28. The quantitative estimate of drug-likeness (QED) is 0.721. The van der Waals surface area contributed by atoms with Gasteiger partial charge in [0.05, 0.1) is 19.9 Å². The first kappa shape index (κ1) is 20.9. The first-order valence-corrected chi connectivity index (χ1v) is 10.8. The van der Waals surface area contributed by atoms with Gasteiger partial charge in [0, 0.05) is 45.3 Å². The second-order valence-electron chi connectivity index (χ2n) is 8.19. The van der Waals surface area contributed by atoms with Crippen molar-refractivity contribution in [1.82, 2.24) is 9.80 Å².